The second kappa shape index (κ2) is 6.50. The summed E-state index contributed by atoms with van der Waals surface area (Å²) >= 11 is 9.17. The minimum absolute atomic E-state index is 0.0918. The van der Waals surface area contributed by atoms with Crippen LogP contribution in [0.5, 0.6) is 0 Å². The summed E-state index contributed by atoms with van der Waals surface area (Å²) < 4.78 is 54.3. The molecule has 12 heteroatoms. The van der Waals surface area contributed by atoms with Crippen molar-refractivity contribution in [3.05, 3.63) is 59.7 Å². The summed E-state index contributed by atoms with van der Waals surface area (Å²) in [4.78, 5) is 27.4. The number of benzene rings is 1. The fourth-order valence-corrected chi connectivity index (χ4v) is 3.77. The first-order valence-electron chi connectivity index (χ1n) is 7.18. The average molecular weight is 471 g/mol. The molecular weight excluding hydrogens is 462 g/mol. The number of H-pyrrole nitrogens is 1. The number of nitrogens with zero attached hydrogens (tertiary/aromatic N) is 2. The van der Waals surface area contributed by atoms with Gasteiger partial charge in [-0.2, -0.15) is 13.2 Å². The van der Waals surface area contributed by atoms with Gasteiger partial charge in [-0.15, -0.1) is 0 Å². The van der Waals surface area contributed by atoms with E-state index in [0.29, 0.717) is 0 Å². The maximum atomic E-state index is 14.6. The third-order valence-electron chi connectivity index (χ3n) is 3.96. The highest BCUT2D eigenvalue weighted by Gasteiger charge is 2.35. The Kier molecular flexibility index (Phi) is 4.73. The molecule has 0 aliphatic rings. The van der Waals surface area contributed by atoms with Gasteiger partial charge in [0.1, 0.15) is 11.4 Å². The predicted octanol–water partition coefficient (Wildman–Crippen LogP) is 3.08. The van der Waals surface area contributed by atoms with E-state index in [-0.39, 0.29) is 41.3 Å². The van der Waals surface area contributed by atoms with E-state index in [4.69, 9.17) is 11.6 Å². The Balaban J connectivity index is 2.50. The molecular formula is C15H9BrClF4N3O3. The fraction of sp³-hybridized carbons (Fsp3) is 0.200. The Hall–Kier alpha value is -2.11. The van der Waals surface area contributed by atoms with Gasteiger partial charge in [0.25, 0.3) is 5.56 Å². The van der Waals surface area contributed by atoms with E-state index in [0.717, 1.165) is 13.1 Å². The molecule has 0 aliphatic carbocycles. The molecule has 0 radical (unpaired) electrons. The van der Waals surface area contributed by atoms with Crippen LogP contribution in [0.1, 0.15) is 11.4 Å². The lowest BCUT2D eigenvalue weighted by Gasteiger charge is -2.15. The Morgan fingerprint density at radius 2 is 1.93 bits per heavy atom. The van der Waals surface area contributed by atoms with Crippen LogP contribution in [-0.4, -0.2) is 19.2 Å². The predicted molar refractivity (Wildman–Crippen MR) is 92.7 cm³/mol. The molecule has 0 spiro atoms. The van der Waals surface area contributed by atoms with Gasteiger partial charge >= 0.3 is 11.9 Å². The first kappa shape index (κ1) is 19.6. The second-order valence-corrected chi connectivity index (χ2v) is 6.76. The summed E-state index contributed by atoms with van der Waals surface area (Å²) in [5.41, 5.74) is -4.79. The van der Waals surface area contributed by atoms with Crippen LogP contribution in [-0.2, 0) is 19.8 Å². The van der Waals surface area contributed by atoms with Crippen LogP contribution in [0.3, 0.4) is 0 Å². The highest BCUT2D eigenvalue weighted by atomic mass is 79.9. The molecule has 27 heavy (non-hydrogen) atoms. The molecule has 3 rings (SSSR count). The van der Waals surface area contributed by atoms with Gasteiger partial charge in [0.2, 0.25) is 0 Å². The number of halogens is 6. The molecule has 0 fully saturated rings. The molecule has 0 aliphatic heterocycles. The largest absolute Gasteiger partial charge is 0.431 e. The summed E-state index contributed by atoms with van der Waals surface area (Å²) in [7, 11) is 0.815. The SMILES string of the molecule is Cn1c(C(F)(F)F)cc(=O)n(-c2c(F)cc(Cl)c3c(Br)c(CO)[nH]c23)c1=O. The number of aromatic amines is 1. The molecule has 0 atom stereocenters. The van der Waals surface area contributed by atoms with Gasteiger partial charge in [-0.05, 0) is 22.0 Å². The Morgan fingerprint density at radius 3 is 2.48 bits per heavy atom. The number of hydrogen-bond donors (Lipinski definition) is 2. The van der Waals surface area contributed by atoms with E-state index in [9.17, 15) is 32.3 Å². The van der Waals surface area contributed by atoms with E-state index < -0.39 is 41.2 Å². The molecule has 1 aromatic carbocycles. The molecule has 0 unspecified atom stereocenters. The Labute approximate surface area is 160 Å². The quantitative estimate of drug-likeness (QED) is 0.565. The van der Waals surface area contributed by atoms with Crippen molar-refractivity contribution < 1.29 is 22.7 Å². The molecule has 2 N–H and O–H groups in total. The minimum Gasteiger partial charge on any atom is -0.390 e. The smallest absolute Gasteiger partial charge is 0.390 e. The second-order valence-electron chi connectivity index (χ2n) is 5.56. The zero-order valence-electron chi connectivity index (χ0n) is 13.3. The van der Waals surface area contributed by atoms with Gasteiger partial charge in [-0.25, -0.2) is 13.8 Å². The van der Waals surface area contributed by atoms with Crippen LogP contribution >= 0.6 is 27.5 Å². The molecule has 2 heterocycles. The number of rotatable bonds is 2. The van der Waals surface area contributed by atoms with E-state index >= 15 is 0 Å². The van der Waals surface area contributed by atoms with Crippen LogP contribution < -0.4 is 11.2 Å². The highest BCUT2D eigenvalue weighted by Crippen LogP contribution is 2.37. The maximum Gasteiger partial charge on any atom is 0.431 e. The Morgan fingerprint density at radius 1 is 1.30 bits per heavy atom. The van der Waals surface area contributed by atoms with Crippen LogP contribution in [0, 0.1) is 5.82 Å². The Bertz CT molecular complexity index is 1200. The van der Waals surface area contributed by atoms with Crippen molar-refractivity contribution in [2.45, 2.75) is 12.8 Å². The van der Waals surface area contributed by atoms with Crippen molar-refractivity contribution in [1.82, 2.24) is 14.1 Å². The van der Waals surface area contributed by atoms with Crippen LogP contribution in [0.2, 0.25) is 5.02 Å². The number of alkyl halides is 3. The number of aliphatic hydroxyl groups excluding tert-OH is 1. The van der Waals surface area contributed by atoms with Crippen LogP contribution in [0.25, 0.3) is 16.6 Å². The zero-order chi connectivity index (χ0) is 20.3. The van der Waals surface area contributed by atoms with Gasteiger partial charge in [-0.1, -0.05) is 11.6 Å². The highest BCUT2D eigenvalue weighted by molar-refractivity contribution is 9.10. The number of aliphatic hydroxyl groups is 1. The van der Waals surface area contributed by atoms with Crippen molar-refractivity contribution in [3.8, 4) is 5.69 Å². The van der Waals surface area contributed by atoms with E-state index in [2.05, 4.69) is 20.9 Å². The van der Waals surface area contributed by atoms with Gasteiger partial charge in [0.05, 0.1) is 27.3 Å². The third-order valence-corrected chi connectivity index (χ3v) is 5.13. The molecule has 0 bridgehead atoms. The molecule has 0 saturated carbocycles. The molecule has 0 amide bonds. The summed E-state index contributed by atoms with van der Waals surface area (Å²) in [6, 6.07) is 1.02. The summed E-state index contributed by atoms with van der Waals surface area (Å²) in [6.45, 7) is -0.507. The third kappa shape index (κ3) is 2.99. The van der Waals surface area contributed by atoms with Gasteiger partial charge in [0.15, 0.2) is 5.82 Å². The van der Waals surface area contributed by atoms with Crippen LogP contribution in [0.15, 0.2) is 26.2 Å². The number of nitrogens with one attached hydrogen (secondary N) is 1. The first-order valence-corrected chi connectivity index (χ1v) is 8.35. The number of aromatic nitrogens is 3. The van der Waals surface area contributed by atoms with Gasteiger partial charge in [0, 0.05) is 18.5 Å². The van der Waals surface area contributed by atoms with E-state index in [1.54, 1.807) is 0 Å². The van der Waals surface area contributed by atoms with Crippen molar-refractivity contribution in [3.63, 3.8) is 0 Å². The zero-order valence-corrected chi connectivity index (χ0v) is 15.6. The monoisotopic (exact) mass is 469 g/mol. The van der Waals surface area contributed by atoms with Crippen molar-refractivity contribution in [2.24, 2.45) is 7.05 Å². The summed E-state index contributed by atoms with van der Waals surface area (Å²) in [5.74, 6) is -1.11. The summed E-state index contributed by atoms with van der Waals surface area (Å²) in [6.07, 6.45) is -4.94. The first-order chi connectivity index (χ1) is 12.5. The lowest BCUT2D eigenvalue weighted by atomic mass is 10.2. The lowest BCUT2D eigenvalue weighted by Crippen LogP contribution is -2.41. The van der Waals surface area contributed by atoms with Crippen LogP contribution in [0.4, 0.5) is 17.6 Å². The topological polar surface area (TPSA) is 80.0 Å². The maximum absolute atomic E-state index is 14.6. The minimum atomic E-state index is -4.94. The summed E-state index contributed by atoms with van der Waals surface area (Å²) in [5, 5.41) is 9.43. The number of fused-ring (bicyclic) bond motifs is 1. The average Bonchev–Trinajstić information content (AvgIpc) is 2.89. The van der Waals surface area contributed by atoms with Crippen molar-refractivity contribution in [1.29, 1.82) is 0 Å². The van der Waals surface area contributed by atoms with Gasteiger partial charge in [-0.3, -0.25) is 9.36 Å². The molecule has 0 saturated heterocycles. The van der Waals surface area contributed by atoms with Gasteiger partial charge < -0.3 is 10.1 Å². The van der Waals surface area contributed by atoms with E-state index in [1.807, 2.05) is 0 Å². The van der Waals surface area contributed by atoms with Crippen molar-refractivity contribution >= 4 is 38.4 Å². The molecule has 6 nitrogen and oxygen atoms in total. The molecule has 2 aromatic heterocycles. The normalized spacial score (nSPS) is 12.1. The van der Waals surface area contributed by atoms with E-state index in [1.165, 1.54) is 0 Å². The standard InChI is InChI=1S/C15H9BrClF4N3O3/c1-23-8(15(19,20)21)3-9(26)24(14(23)27)13-6(18)2-5(17)10-11(16)7(4-25)22-12(10)13/h2-3,22,25H,4H2,1H3. The fourth-order valence-electron chi connectivity index (χ4n) is 2.73. The molecule has 144 valence electrons. The number of hydrogen-bond acceptors (Lipinski definition) is 3. The molecule has 3 aromatic rings. The lowest BCUT2D eigenvalue weighted by molar-refractivity contribution is -0.144. The van der Waals surface area contributed by atoms with Crippen molar-refractivity contribution in [2.75, 3.05) is 0 Å².